The van der Waals surface area contributed by atoms with Crippen LogP contribution < -0.4 is 4.74 Å². The highest BCUT2D eigenvalue weighted by Crippen LogP contribution is 2.49. The lowest BCUT2D eigenvalue weighted by Gasteiger charge is -2.35. The van der Waals surface area contributed by atoms with Crippen LogP contribution in [0.3, 0.4) is 0 Å². The van der Waals surface area contributed by atoms with E-state index < -0.39 is 40.9 Å². The molecule has 150 valence electrons. The van der Waals surface area contributed by atoms with Gasteiger partial charge in [-0.2, -0.15) is 0 Å². The molecule has 2 N–H and O–H groups in total. The summed E-state index contributed by atoms with van der Waals surface area (Å²) >= 11 is 0. The zero-order valence-corrected chi connectivity index (χ0v) is 15.2. The Morgan fingerprint density at radius 3 is 2.10 bits per heavy atom. The molecule has 7 heteroatoms. The maximum atomic E-state index is 14.1. The molecule has 0 aliphatic carbocycles. The van der Waals surface area contributed by atoms with Crippen LogP contribution in [0.4, 0.5) is 17.6 Å². The minimum atomic E-state index is -1.57. The van der Waals surface area contributed by atoms with Crippen LogP contribution in [0.2, 0.25) is 0 Å². The Morgan fingerprint density at radius 2 is 1.45 bits per heavy atom. The fraction of sp³-hybridized carbons (Fsp3) is 0.182. The number of phenolic OH excluding ortho intramolecular Hbond substituents is 2. The Labute approximate surface area is 163 Å². The van der Waals surface area contributed by atoms with Crippen molar-refractivity contribution in [3.63, 3.8) is 0 Å². The van der Waals surface area contributed by atoms with Gasteiger partial charge in [0, 0.05) is 23.0 Å². The number of phenols is 2. The first-order valence-electron chi connectivity index (χ1n) is 8.86. The van der Waals surface area contributed by atoms with E-state index in [1.165, 1.54) is 18.2 Å². The van der Waals surface area contributed by atoms with E-state index >= 15 is 0 Å². The maximum Gasteiger partial charge on any atom is 0.194 e. The molecule has 1 aliphatic heterocycles. The molecule has 0 aromatic heterocycles. The predicted molar refractivity (Wildman–Crippen MR) is 97.3 cm³/mol. The highest BCUT2D eigenvalue weighted by molar-refractivity contribution is 5.55. The molecule has 0 saturated carbocycles. The molecule has 0 radical (unpaired) electrons. The molecule has 4 rings (SSSR count). The third-order valence-corrected chi connectivity index (χ3v) is 5.32. The Bertz CT molecular complexity index is 1090. The van der Waals surface area contributed by atoms with Gasteiger partial charge in [0.2, 0.25) is 0 Å². The summed E-state index contributed by atoms with van der Waals surface area (Å²) in [6.07, 6.45) is 0. The Hall–Kier alpha value is -3.22. The molecule has 2 unspecified atom stereocenters. The molecule has 0 bridgehead atoms. The summed E-state index contributed by atoms with van der Waals surface area (Å²) in [6, 6.07) is 8.67. The highest BCUT2D eigenvalue weighted by Gasteiger charge is 2.36. The molecular weight excluding hydrogens is 388 g/mol. The standard InChI is InChI=1S/C22H16F4O3/c1-10-18(27)5-3-13-20(11-2-4-19(28)15(23)6-11)14(9-29-22(10)13)12-7-16(24)21(26)17(25)8-12/h2-8,14,20,27-28H,9H2,1H3. The normalized spacial score (nSPS) is 18.2. The molecule has 1 aliphatic rings. The summed E-state index contributed by atoms with van der Waals surface area (Å²) < 4.78 is 61.0. The van der Waals surface area contributed by atoms with E-state index in [1.807, 2.05) is 0 Å². The number of ether oxygens (including phenoxy) is 1. The molecule has 2 atom stereocenters. The average molecular weight is 404 g/mol. The number of hydrogen-bond acceptors (Lipinski definition) is 3. The van der Waals surface area contributed by atoms with Crippen LogP contribution in [0.1, 0.15) is 34.1 Å². The third-order valence-electron chi connectivity index (χ3n) is 5.32. The fourth-order valence-corrected chi connectivity index (χ4v) is 3.83. The second-order valence-corrected chi connectivity index (χ2v) is 7.03. The van der Waals surface area contributed by atoms with Crippen molar-refractivity contribution in [2.75, 3.05) is 6.61 Å². The van der Waals surface area contributed by atoms with Gasteiger partial charge < -0.3 is 14.9 Å². The largest absolute Gasteiger partial charge is 0.508 e. The molecule has 3 aromatic carbocycles. The summed E-state index contributed by atoms with van der Waals surface area (Å²) in [6.45, 7) is 1.62. The van der Waals surface area contributed by atoms with Crippen LogP contribution in [0.5, 0.6) is 17.2 Å². The lowest BCUT2D eigenvalue weighted by atomic mass is 9.75. The van der Waals surface area contributed by atoms with Crippen LogP contribution in [0.15, 0.2) is 42.5 Å². The zero-order chi connectivity index (χ0) is 20.9. The van der Waals surface area contributed by atoms with Crippen LogP contribution in [-0.2, 0) is 0 Å². The quantitative estimate of drug-likeness (QED) is 0.452. The van der Waals surface area contributed by atoms with Gasteiger partial charge in [0.25, 0.3) is 0 Å². The molecule has 0 amide bonds. The van der Waals surface area contributed by atoms with Crippen molar-refractivity contribution < 1.29 is 32.5 Å². The molecule has 1 heterocycles. The van der Waals surface area contributed by atoms with Crippen molar-refractivity contribution in [2.45, 2.75) is 18.8 Å². The summed E-state index contributed by atoms with van der Waals surface area (Å²) in [5.74, 6) is -6.48. The van der Waals surface area contributed by atoms with Crippen LogP contribution in [0, 0.1) is 30.2 Å². The lowest BCUT2D eigenvalue weighted by Crippen LogP contribution is -2.26. The van der Waals surface area contributed by atoms with Gasteiger partial charge in [-0.15, -0.1) is 0 Å². The number of halogens is 4. The number of hydrogen-bond donors (Lipinski definition) is 2. The van der Waals surface area contributed by atoms with Gasteiger partial charge in [-0.3, -0.25) is 0 Å². The number of rotatable bonds is 2. The Balaban J connectivity index is 1.93. The van der Waals surface area contributed by atoms with Gasteiger partial charge in [0.1, 0.15) is 11.5 Å². The van der Waals surface area contributed by atoms with Crippen molar-refractivity contribution in [1.29, 1.82) is 0 Å². The van der Waals surface area contributed by atoms with Crippen molar-refractivity contribution in [3.8, 4) is 17.2 Å². The van der Waals surface area contributed by atoms with Crippen LogP contribution in [-0.4, -0.2) is 16.8 Å². The van der Waals surface area contributed by atoms with Crippen molar-refractivity contribution in [2.24, 2.45) is 0 Å². The van der Waals surface area contributed by atoms with E-state index in [0.717, 1.165) is 18.2 Å². The first kappa shape index (κ1) is 19.1. The first-order valence-corrected chi connectivity index (χ1v) is 8.86. The van der Waals surface area contributed by atoms with E-state index in [1.54, 1.807) is 13.0 Å². The van der Waals surface area contributed by atoms with E-state index in [9.17, 15) is 27.8 Å². The van der Waals surface area contributed by atoms with Gasteiger partial charge in [-0.05, 0) is 48.4 Å². The van der Waals surface area contributed by atoms with E-state index in [4.69, 9.17) is 4.74 Å². The van der Waals surface area contributed by atoms with Crippen molar-refractivity contribution in [1.82, 2.24) is 0 Å². The second-order valence-electron chi connectivity index (χ2n) is 7.03. The third kappa shape index (κ3) is 3.16. The van der Waals surface area contributed by atoms with Gasteiger partial charge in [0.05, 0.1) is 6.61 Å². The fourth-order valence-electron chi connectivity index (χ4n) is 3.83. The van der Waals surface area contributed by atoms with Crippen molar-refractivity contribution >= 4 is 0 Å². The summed E-state index contributed by atoms with van der Waals surface area (Å²) in [5, 5.41) is 19.5. The second kappa shape index (κ2) is 6.99. The number of benzene rings is 3. The predicted octanol–water partition coefficient (Wildman–Crippen LogP) is 5.27. The van der Waals surface area contributed by atoms with E-state index in [0.29, 0.717) is 22.4 Å². The molecule has 3 aromatic rings. The average Bonchev–Trinajstić information content (AvgIpc) is 2.70. The molecule has 0 fully saturated rings. The minimum Gasteiger partial charge on any atom is -0.508 e. The summed E-state index contributed by atoms with van der Waals surface area (Å²) in [5.41, 5.74) is 1.63. The molecular formula is C22H16F4O3. The van der Waals surface area contributed by atoms with Gasteiger partial charge >= 0.3 is 0 Å². The Morgan fingerprint density at radius 1 is 0.828 bits per heavy atom. The summed E-state index contributed by atoms with van der Waals surface area (Å²) in [7, 11) is 0. The lowest BCUT2D eigenvalue weighted by molar-refractivity contribution is 0.244. The monoisotopic (exact) mass is 404 g/mol. The van der Waals surface area contributed by atoms with Crippen LogP contribution in [0.25, 0.3) is 0 Å². The SMILES string of the molecule is Cc1c(O)ccc2c1OCC(c1cc(F)c(F)c(F)c1)C2c1ccc(O)c(F)c1. The molecule has 0 spiro atoms. The smallest absolute Gasteiger partial charge is 0.194 e. The van der Waals surface area contributed by atoms with E-state index in [-0.39, 0.29) is 17.9 Å². The first-order chi connectivity index (χ1) is 13.8. The minimum absolute atomic E-state index is 0.0108. The van der Waals surface area contributed by atoms with Crippen molar-refractivity contribution in [3.05, 3.63) is 88.0 Å². The zero-order valence-electron chi connectivity index (χ0n) is 15.2. The molecule has 29 heavy (non-hydrogen) atoms. The van der Waals surface area contributed by atoms with Crippen LogP contribution >= 0.6 is 0 Å². The molecule has 0 saturated heterocycles. The summed E-state index contributed by atoms with van der Waals surface area (Å²) in [4.78, 5) is 0. The van der Waals surface area contributed by atoms with Gasteiger partial charge in [0.15, 0.2) is 29.0 Å². The molecule has 3 nitrogen and oxygen atoms in total. The van der Waals surface area contributed by atoms with Gasteiger partial charge in [-0.25, -0.2) is 17.6 Å². The number of aromatic hydroxyl groups is 2. The van der Waals surface area contributed by atoms with E-state index in [2.05, 4.69) is 0 Å². The van der Waals surface area contributed by atoms with Gasteiger partial charge in [-0.1, -0.05) is 12.1 Å². The topological polar surface area (TPSA) is 49.7 Å². The maximum absolute atomic E-state index is 14.1. The Kier molecular flexibility index (Phi) is 4.61. The highest BCUT2D eigenvalue weighted by atomic mass is 19.2. The number of fused-ring (bicyclic) bond motifs is 1.